The van der Waals surface area contributed by atoms with E-state index in [1.54, 1.807) is 0 Å². The van der Waals surface area contributed by atoms with Crippen molar-refractivity contribution >= 4 is 0 Å². The Morgan fingerprint density at radius 1 is 0.421 bits per heavy atom. The summed E-state index contributed by atoms with van der Waals surface area (Å²) < 4.78 is 0. The summed E-state index contributed by atoms with van der Waals surface area (Å²) >= 11 is 0. The standard InChI is InChI=1S/C34H71NO3/c1-3-5-7-9-11-13-15-17-19-21-23-25-27-33(37)31-35(29-30-36)32-34(38)28-26-24-22-20-18-16-14-12-10-8-6-4-2/h33-34,36-38H,3-32H2,1-2H3. The van der Waals surface area contributed by atoms with Gasteiger partial charge in [0.05, 0.1) is 18.8 Å². The Labute approximate surface area is 239 Å². The molecule has 0 rings (SSSR count). The molecule has 0 aliphatic carbocycles. The van der Waals surface area contributed by atoms with Gasteiger partial charge in [0.25, 0.3) is 0 Å². The molecular weight excluding hydrogens is 470 g/mol. The van der Waals surface area contributed by atoms with Crippen LogP contribution < -0.4 is 0 Å². The molecule has 38 heavy (non-hydrogen) atoms. The molecule has 0 saturated heterocycles. The highest BCUT2D eigenvalue weighted by Gasteiger charge is 2.15. The van der Waals surface area contributed by atoms with Crippen molar-refractivity contribution in [3.8, 4) is 0 Å². The Kier molecular flexibility index (Phi) is 31.2. The lowest BCUT2D eigenvalue weighted by Crippen LogP contribution is -2.39. The van der Waals surface area contributed by atoms with Gasteiger partial charge in [-0.25, -0.2) is 0 Å². The number of rotatable bonds is 32. The van der Waals surface area contributed by atoms with Crippen molar-refractivity contribution in [2.24, 2.45) is 0 Å². The molecule has 0 spiro atoms. The maximum atomic E-state index is 10.5. The van der Waals surface area contributed by atoms with Gasteiger partial charge < -0.3 is 15.3 Å². The van der Waals surface area contributed by atoms with Gasteiger partial charge in [-0.05, 0) is 12.8 Å². The fourth-order valence-electron chi connectivity index (χ4n) is 5.62. The van der Waals surface area contributed by atoms with E-state index in [2.05, 4.69) is 18.7 Å². The topological polar surface area (TPSA) is 63.9 Å². The fourth-order valence-corrected chi connectivity index (χ4v) is 5.62. The van der Waals surface area contributed by atoms with Crippen molar-refractivity contribution in [2.75, 3.05) is 26.2 Å². The molecule has 0 amide bonds. The molecule has 0 fully saturated rings. The van der Waals surface area contributed by atoms with Gasteiger partial charge in [0.2, 0.25) is 0 Å². The third kappa shape index (κ3) is 28.8. The van der Waals surface area contributed by atoms with Crippen LogP contribution in [0, 0.1) is 0 Å². The molecule has 0 aromatic rings. The lowest BCUT2D eigenvalue weighted by Gasteiger charge is -2.26. The molecule has 0 bridgehead atoms. The number of hydrogen-bond acceptors (Lipinski definition) is 4. The summed E-state index contributed by atoms with van der Waals surface area (Å²) in [6.45, 7) is 6.29. The zero-order valence-corrected chi connectivity index (χ0v) is 26.2. The summed E-state index contributed by atoms with van der Waals surface area (Å²) in [6, 6.07) is 0. The zero-order valence-electron chi connectivity index (χ0n) is 26.2. The van der Waals surface area contributed by atoms with Gasteiger partial charge in [-0.1, -0.05) is 168 Å². The summed E-state index contributed by atoms with van der Waals surface area (Å²) in [5, 5.41) is 30.4. The third-order valence-corrected chi connectivity index (χ3v) is 8.14. The Bertz CT molecular complexity index is 398. The lowest BCUT2D eigenvalue weighted by atomic mass is 10.0. The third-order valence-electron chi connectivity index (χ3n) is 8.14. The van der Waals surface area contributed by atoms with Gasteiger partial charge in [-0.2, -0.15) is 0 Å². The van der Waals surface area contributed by atoms with E-state index in [-0.39, 0.29) is 18.8 Å². The highest BCUT2D eigenvalue weighted by molar-refractivity contribution is 4.69. The molecule has 0 aromatic carbocycles. The van der Waals surface area contributed by atoms with E-state index in [0.717, 1.165) is 25.7 Å². The van der Waals surface area contributed by atoms with Crippen molar-refractivity contribution < 1.29 is 15.3 Å². The van der Waals surface area contributed by atoms with Crippen molar-refractivity contribution in [3.63, 3.8) is 0 Å². The monoisotopic (exact) mass is 542 g/mol. The van der Waals surface area contributed by atoms with Crippen molar-refractivity contribution in [1.29, 1.82) is 0 Å². The molecular formula is C34H71NO3. The minimum Gasteiger partial charge on any atom is -0.395 e. The van der Waals surface area contributed by atoms with Crippen LogP contribution in [0.2, 0.25) is 0 Å². The van der Waals surface area contributed by atoms with Crippen LogP contribution in [0.3, 0.4) is 0 Å². The smallest absolute Gasteiger partial charge is 0.0667 e. The van der Waals surface area contributed by atoms with Gasteiger partial charge in [-0.15, -0.1) is 0 Å². The molecule has 230 valence electrons. The molecule has 0 heterocycles. The first kappa shape index (κ1) is 37.8. The molecule has 2 unspecified atom stereocenters. The average molecular weight is 542 g/mol. The van der Waals surface area contributed by atoms with Gasteiger partial charge in [0.15, 0.2) is 0 Å². The second kappa shape index (κ2) is 31.4. The van der Waals surface area contributed by atoms with Crippen LogP contribution >= 0.6 is 0 Å². The number of hydrogen-bond donors (Lipinski definition) is 3. The first-order valence-electron chi connectivity index (χ1n) is 17.3. The second-order valence-corrected chi connectivity index (χ2v) is 12.1. The average Bonchev–Trinajstić information content (AvgIpc) is 2.90. The van der Waals surface area contributed by atoms with Crippen LogP contribution in [0.25, 0.3) is 0 Å². The van der Waals surface area contributed by atoms with E-state index in [0.29, 0.717) is 19.6 Å². The quantitative estimate of drug-likeness (QED) is 0.0743. The van der Waals surface area contributed by atoms with Gasteiger partial charge in [0, 0.05) is 19.6 Å². The molecule has 0 radical (unpaired) electrons. The number of nitrogens with zero attached hydrogens (tertiary/aromatic N) is 1. The maximum Gasteiger partial charge on any atom is 0.0667 e. The Morgan fingerprint density at radius 3 is 0.947 bits per heavy atom. The number of aliphatic hydroxyl groups excluding tert-OH is 3. The molecule has 4 heteroatoms. The van der Waals surface area contributed by atoms with E-state index in [9.17, 15) is 15.3 Å². The summed E-state index contributed by atoms with van der Waals surface area (Å²) in [7, 11) is 0. The number of unbranched alkanes of at least 4 members (excludes halogenated alkanes) is 22. The van der Waals surface area contributed by atoms with E-state index < -0.39 is 0 Å². The predicted molar refractivity (Wildman–Crippen MR) is 167 cm³/mol. The highest BCUT2D eigenvalue weighted by atomic mass is 16.3. The van der Waals surface area contributed by atoms with E-state index in [4.69, 9.17) is 0 Å². The van der Waals surface area contributed by atoms with Crippen molar-refractivity contribution in [2.45, 2.75) is 193 Å². The fraction of sp³-hybridized carbons (Fsp3) is 1.00. The van der Waals surface area contributed by atoms with Crippen LogP contribution in [0.4, 0.5) is 0 Å². The minimum absolute atomic E-state index is 0.0800. The maximum absolute atomic E-state index is 10.5. The minimum atomic E-state index is -0.358. The van der Waals surface area contributed by atoms with Crippen LogP contribution in [0.1, 0.15) is 181 Å². The molecule has 0 saturated carbocycles. The van der Waals surface area contributed by atoms with Crippen LogP contribution in [-0.2, 0) is 0 Å². The lowest BCUT2D eigenvalue weighted by molar-refractivity contribution is 0.0519. The van der Waals surface area contributed by atoms with Crippen molar-refractivity contribution in [3.05, 3.63) is 0 Å². The van der Waals surface area contributed by atoms with E-state index in [1.807, 2.05) is 0 Å². The normalized spacial score (nSPS) is 13.4. The van der Waals surface area contributed by atoms with Crippen molar-refractivity contribution in [1.82, 2.24) is 4.90 Å². The van der Waals surface area contributed by atoms with Gasteiger partial charge >= 0.3 is 0 Å². The number of aliphatic hydroxyl groups is 3. The molecule has 0 aliphatic rings. The largest absolute Gasteiger partial charge is 0.395 e. The SMILES string of the molecule is CCCCCCCCCCCCCCC(O)CN(CCO)CC(O)CCCCCCCCCCCCCC. The summed E-state index contributed by atoms with van der Waals surface area (Å²) in [5.74, 6) is 0. The van der Waals surface area contributed by atoms with Crippen LogP contribution in [-0.4, -0.2) is 58.7 Å². The zero-order chi connectivity index (χ0) is 27.9. The summed E-state index contributed by atoms with van der Waals surface area (Å²) in [4.78, 5) is 2.05. The molecule has 0 aliphatic heterocycles. The van der Waals surface area contributed by atoms with Crippen LogP contribution in [0.5, 0.6) is 0 Å². The molecule has 4 nitrogen and oxygen atoms in total. The molecule has 3 N–H and O–H groups in total. The first-order valence-corrected chi connectivity index (χ1v) is 17.3. The Hall–Kier alpha value is -0.160. The van der Waals surface area contributed by atoms with E-state index in [1.165, 1.54) is 141 Å². The predicted octanol–water partition coefficient (Wildman–Crippen LogP) is 9.18. The first-order chi connectivity index (χ1) is 18.6. The molecule has 2 atom stereocenters. The summed E-state index contributed by atoms with van der Waals surface area (Å²) in [5.41, 5.74) is 0. The molecule has 0 aromatic heterocycles. The Balaban J connectivity index is 3.66. The van der Waals surface area contributed by atoms with Gasteiger partial charge in [0.1, 0.15) is 0 Å². The van der Waals surface area contributed by atoms with E-state index >= 15 is 0 Å². The van der Waals surface area contributed by atoms with Gasteiger partial charge in [-0.3, -0.25) is 4.90 Å². The second-order valence-electron chi connectivity index (χ2n) is 12.1. The van der Waals surface area contributed by atoms with Crippen LogP contribution in [0.15, 0.2) is 0 Å². The highest BCUT2D eigenvalue weighted by Crippen LogP contribution is 2.15. The Morgan fingerprint density at radius 2 is 0.684 bits per heavy atom. The summed E-state index contributed by atoms with van der Waals surface area (Å²) in [6.07, 6.45) is 32.9.